The van der Waals surface area contributed by atoms with Crippen LogP contribution >= 0.6 is 34.8 Å². The monoisotopic (exact) mass is 435 g/mol. The van der Waals surface area contributed by atoms with E-state index >= 15 is 0 Å². The van der Waals surface area contributed by atoms with Crippen LogP contribution in [0.5, 0.6) is 0 Å². The number of hydrazone groups is 1. The van der Waals surface area contributed by atoms with E-state index in [-0.39, 0.29) is 6.04 Å². The number of hydrogen-bond acceptors (Lipinski definition) is 3. The zero-order valence-corrected chi connectivity index (χ0v) is 18.2. The molecule has 1 saturated heterocycles. The van der Waals surface area contributed by atoms with Gasteiger partial charge in [-0.3, -0.25) is 9.91 Å². The molecule has 28 heavy (non-hydrogen) atoms. The highest BCUT2D eigenvalue weighted by Crippen LogP contribution is 2.40. The lowest BCUT2D eigenvalue weighted by Crippen LogP contribution is -2.40. The number of rotatable bonds is 4. The first-order valence-electron chi connectivity index (χ1n) is 9.81. The van der Waals surface area contributed by atoms with Crippen LogP contribution in [0.2, 0.25) is 15.1 Å². The molecule has 0 bridgehead atoms. The Morgan fingerprint density at radius 3 is 2.46 bits per heavy atom. The normalized spacial score (nSPS) is 23.1. The minimum Gasteiger partial charge on any atom is -0.295 e. The molecule has 2 heterocycles. The average molecular weight is 437 g/mol. The summed E-state index contributed by atoms with van der Waals surface area (Å²) in [5.74, 6) is 0. The molecule has 2 aliphatic rings. The third-order valence-electron chi connectivity index (χ3n) is 5.71. The minimum absolute atomic E-state index is 0.103. The fraction of sp³-hybridized carbons (Fsp3) is 0.409. The largest absolute Gasteiger partial charge is 0.295 e. The number of halogens is 3. The maximum Gasteiger partial charge on any atom is 0.0829 e. The Bertz CT molecular complexity index is 866. The SMILES string of the molecule is CC1CCCCN1CC1=NN(c2ccc(Cl)cc2Cl)C(c2ccc(Cl)cc2)C1. The first kappa shape index (κ1) is 20.0. The highest BCUT2D eigenvalue weighted by Gasteiger charge is 2.32. The predicted molar refractivity (Wildman–Crippen MR) is 120 cm³/mol. The van der Waals surface area contributed by atoms with Gasteiger partial charge in [0.15, 0.2) is 0 Å². The summed E-state index contributed by atoms with van der Waals surface area (Å²) in [4.78, 5) is 2.55. The van der Waals surface area contributed by atoms with Crippen molar-refractivity contribution >= 4 is 46.2 Å². The van der Waals surface area contributed by atoms with Gasteiger partial charge in [0.1, 0.15) is 0 Å². The van der Waals surface area contributed by atoms with Gasteiger partial charge in [-0.05, 0) is 62.2 Å². The summed E-state index contributed by atoms with van der Waals surface area (Å²) in [6.45, 7) is 4.37. The van der Waals surface area contributed by atoms with E-state index in [1.807, 2.05) is 29.3 Å². The summed E-state index contributed by atoms with van der Waals surface area (Å²) in [5, 5.41) is 9.03. The van der Waals surface area contributed by atoms with Crippen molar-refractivity contribution in [2.75, 3.05) is 18.1 Å². The summed E-state index contributed by atoms with van der Waals surface area (Å²) in [5.41, 5.74) is 3.26. The van der Waals surface area contributed by atoms with Gasteiger partial charge in [-0.25, -0.2) is 0 Å². The summed E-state index contributed by atoms with van der Waals surface area (Å²) in [6.07, 6.45) is 4.74. The van der Waals surface area contributed by atoms with Crippen LogP contribution in [0, 0.1) is 0 Å². The second kappa shape index (κ2) is 8.62. The van der Waals surface area contributed by atoms with Gasteiger partial charge in [-0.2, -0.15) is 5.10 Å². The van der Waals surface area contributed by atoms with Gasteiger partial charge < -0.3 is 0 Å². The molecule has 0 spiro atoms. The molecule has 0 N–H and O–H groups in total. The van der Waals surface area contributed by atoms with Crippen molar-refractivity contribution < 1.29 is 0 Å². The van der Waals surface area contributed by atoms with Crippen molar-refractivity contribution in [2.24, 2.45) is 5.10 Å². The van der Waals surface area contributed by atoms with E-state index in [2.05, 4.69) is 24.0 Å². The minimum atomic E-state index is 0.103. The molecule has 2 atom stereocenters. The van der Waals surface area contributed by atoms with Crippen LogP contribution in [0.15, 0.2) is 47.6 Å². The molecule has 2 aliphatic heterocycles. The predicted octanol–water partition coefficient (Wildman–Crippen LogP) is 6.83. The molecule has 2 aromatic rings. The summed E-state index contributed by atoms with van der Waals surface area (Å²) in [6, 6.07) is 14.3. The quantitative estimate of drug-likeness (QED) is 0.523. The van der Waals surface area contributed by atoms with Gasteiger partial charge in [-0.1, -0.05) is 53.4 Å². The van der Waals surface area contributed by atoms with Crippen LogP contribution in [-0.2, 0) is 0 Å². The van der Waals surface area contributed by atoms with Crippen molar-refractivity contribution in [1.82, 2.24) is 4.90 Å². The molecule has 1 fully saturated rings. The van der Waals surface area contributed by atoms with Crippen molar-refractivity contribution in [3.63, 3.8) is 0 Å². The van der Waals surface area contributed by atoms with Gasteiger partial charge >= 0.3 is 0 Å². The van der Waals surface area contributed by atoms with Crippen molar-refractivity contribution in [1.29, 1.82) is 0 Å². The van der Waals surface area contributed by atoms with Crippen molar-refractivity contribution in [3.8, 4) is 0 Å². The Labute approximate surface area is 181 Å². The molecule has 2 unspecified atom stereocenters. The Balaban J connectivity index is 1.64. The molecule has 4 rings (SSSR count). The molecule has 0 aliphatic carbocycles. The summed E-state index contributed by atoms with van der Waals surface area (Å²) >= 11 is 18.7. The van der Waals surface area contributed by atoms with Crippen LogP contribution in [0.4, 0.5) is 5.69 Å². The topological polar surface area (TPSA) is 18.8 Å². The Hall–Kier alpha value is -1.26. The van der Waals surface area contributed by atoms with E-state index in [0.717, 1.165) is 30.2 Å². The molecule has 0 aromatic heterocycles. The van der Waals surface area contributed by atoms with Gasteiger partial charge in [0.05, 0.1) is 22.5 Å². The van der Waals surface area contributed by atoms with E-state index in [9.17, 15) is 0 Å². The number of nitrogens with zero attached hydrogens (tertiary/aromatic N) is 3. The standard InChI is InChI=1S/C22H24Cl3N3/c1-15-4-2-3-11-27(15)14-19-13-22(16-5-7-17(23)8-6-16)28(26-19)21-10-9-18(24)12-20(21)25/h5-10,12,15,22H,2-4,11,13-14H2,1H3. The second-order valence-electron chi connectivity index (χ2n) is 7.69. The average Bonchev–Trinajstić information content (AvgIpc) is 3.08. The number of likely N-dealkylation sites (tertiary alicyclic amines) is 1. The third-order valence-corrected chi connectivity index (χ3v) is 6.50. The van der Waals surface area contributed by atoms with Gasteiger partial charge in [0.2, 0.25) is 0 Å². The third kappa shape index (κ3) is 4.33. The molecule has 3 nitrogen and oxygen atoms in total. The number of anilines is 1. The van der Waals surface area contributed by atoms with Gasteiger partial charge in [0, 0.05) is 29.1 Å². The number of piperidine rings is 1. The molecule has 2 aromatic carbocycles. The molecule has 0 radical (unpaired) electrons. The van der Waals surface area contributed by atoms with E-state index in [1.165, 1.54) is 30.5 Å². The van der Waals surface area contributed by atoms with E-state index < -0.39 is 0 Å². The smallest absolute Gasteiger partial charge is 0.0829 e. The fourth-order valence-electron chi connectivity index (χ4n) is 4.13. The van der Waals surface area contributed by atoms with Crippen LogP contribution in [0.1, 0.15) is 44.2 Å². The number of hydrogen-bond donors (Lipinski definition) is 0. The van der Waals surface area contributed by atoms with Crippen molar-refractivity contribution in [2.45, 2.75) is 44.7 Å². The zero-order valence-electron chi connectivity index (χ0n) is 15.9. The maximum atomic E-state index is 6.52. The van der Waals surface area contributed by atoms with Gasteiger partial charge in [0.25, 0.3) is 0 Å². The lowest BCUT2D eigenvalue weighted by molar-refractivity contribution is 0.184. The van der Waals surface area contributed by atoms with E-state index in [0.29, 0.717) is 16.1 Å². The van der Waals surface area contributed by atoms with Crippen LogP contribution < -0.4 is 5.01 Å². The van der Waals surface area contributed by atoms with E-state index in [1.54, 1.807) is 6.07 Å². The summed E-state index contributed by atoms with van der Waals surface area (Å²) < 4.78 is 0. The second-order valence-corrected chi connectivity index (χ2v) is 8.97. The van der Waals surface area contributed by atoms with Crippen LogP contribution in [0.3, 0.4) is 0 Å². The zero-order chi connectivity index (χ0) is 19.7. The highest BCUT2D eigenvalue weighted by molar-refractivity contribution is 6.36. The molecule has 0 amide bonds. The number of benzene rings is 2. The Morgan fingerprint density at radius 1 is 1.00 bits per heavy atom. The lowest BCUT2D eigenvalue weighted by atomic mass is 9.99. The first-order chi connectivity index (χ1) is 13.5. The maximum absolute atomic E-state index is 6.52. The Morgan fingerprint density at radius 2 is 1.75 bits per heavy atom. The first-order valence-corrected chi connectivity index (χ1v) is 10.9. The molecule has 6 heteroatoms. The fourth-order valence-corrected chi connectivity index (χ4v) is 4.75. The van der Waals surface area contributed by atoms with Gasteiger partial charge in [-0.15, -0.1) is 0 Å². The molecular weight excluding hydrogens is 413 g/mol. The Kier molecular flexibility index (Phi) is 6.17. The highest BCUT2D eigenvalue weighted by atomic mass is 35.5. The van der Waals surface area contributed by atoms with E-state index in [4.69, 9.17) is 39.9 Å². The lowest BCUT2D eigenvalue weighted by Gasteiger charge is -2.33. The summed E-state index contributed by atoms with van der Waals surface area (Å²) in [7, 11) is 0. The molecule has 148 valence electrons. The van der Waals surface area contributed by atoms with Crippen molar-refractivity contribution in [3.05, 3.63) is 63.1 Å². The van der Waals surface area contributed by atoms with Crippen LogP contribution in [0.25, 0.3) is 0 Å². The molecular formula is C22H24Cl3N3. The van der Waals surface area contributed by atoms with Crippen LogP contribution in [-0.4, -0.2) is 29.7 Å². The molecule has 0 saturated carbocycles.